The van der Waals surface area contributed by atoms with Gasteiger partial charge in [0.15, 0.2) is 4.34 Å². The maximum Gasteiger partial charge on any atom is 0.257 e. The Balaban J connectivity index is 2.04. The average Bonchev–Trinajstić information content (AvgIpc) is 2.78. The summed E-state index contributed by atoms with van der Waals surface area (Å²) in [6.45, 7) is 2.05. The molecule has 94 valence electrons. The maximum atomic E-state index is 11.9. The van der Waals surface area contributed by atoms with E-state index in [1.54, 1.807) is 23.9 Å². The van der Waals surface area contributed by atoms with E-state index in [2.05, 4.69) is 45.0 Å². The molecule has 1 aromatic heterocycles. The molecule has 0 aliphatic rings. The number of thioether (sulfide) groups is 1. The van der Waals surface area contributed by atoms with E-state index < -0.39 is 0 Å². The molecule has 0 aliphatic carbocycles. The Morgan fingerprint density at radius 1 is 1.39 bits per heavy atom. The summed E-state index contributed by atoms with van der Waals surface area (Å²) in [4.78, 5) is 11.9. The summed E-state index contributed by atoms with van der Waals surface area (Å²) < 4.78 is 1.97. The lowest BCUT2D eigenvalue weighted by molar-refractivity contribution is 0.102. The van der Waals surface area contributed by atoms with E-state index in [0.717, 1.165) is 13.7 Å². The van der Waals surface area contributed by atoms with Crippen LogP contribution in [-0.4, -0.2) is 21.9 Å². The molecule has 0 radical (unpaired) electrons. The van der Waals surface area contributed by atoms with E-state index in [-0.39, 0.29) is 5.91 Å². The first kappa shape index (κ1) is 13.8. The number of benzene rings is 1. The van der Waals surface area contributed by atoms with Crippen LogP contribution < -0.4 is 5.32 Å². The van der Waals surface area contributed by atoms with Crippen LogP contribution in [0.4, 0.5) is 5.13 Å². The van der Waals surface area contributed by atoms with Crippen LogP contribution in [-0.2, 0) is 0 Å². The molecule has 2 aromatic rings. The van der Waals surface area contributed by atoms with Gasteiger partial charge in [-0.05, 0) is 52.6 Å². The van der Waals surface area contributed by atoms with Gasteiger partial charge in [-0.25, -0.2) is 0 Å². The highest BCUT2D eigenvalue weighted by Crippen LogP contribution is 2.25. The summed E-state index contributed by atoms with van der Waals surface area (Å²) in [6.07, 6.45) is 0. The number of hydrogen-bond acceptors (Lipinski definition) is 5. The fourth-order valence-corrected chi connectivity index (χ4v) is 3.22. The number of anilines is 1. The van der Waals surface area contributed by atoms with Crippen LogP contribution in [0.2, 0.25) is 0 Å². The normalized spacial score (nSPS) is 10.3. The second kappa shape index (κ2) is 6.48. The molecule has 0 spiro atoms. The van der Waals surface area contributed by atoms with Gasteiger partial charge in [0.1, 0.15) is 0 Å². The van der Waals surface area contributed by atoms with Gasteiger partial charge in [0, 0.05) is 9.13 Å². The van der Waals surface area contributed by atoms with E-state index in [9.17, 15) is 4.79 Å². The molecule has 0 bridgehead atoms. The van der Waals surface area contributed by atoms with Gasteiger partial charge in [0.25, 0.3) is 5.91 Å². The highest BCUT2D eigenvalue weighted by Gasteiger charge is 2.09. The quantitative estimate of drug-likeness (QED) is 0.493. The average molecular weight is 391 g/mol. The van der Waals surface area contributed by atoms with Crippen molar-refractivity contribution in [3.8, 4) is 0 Å². The molecule has 0 aliphatic heterocycles. The lowest BCUT2D eigenvalue weighted by atomic mass is 10.2. The van der Waals surface area contributed by atoms with Crippen molar-refractivity contribution in [2.45, 2.75) is 11.3 Å². The number of nitrogens with zero attached hydrogens (tertiary/aromatic N) is 2. The number of amides is 1. The van der Waals surface area contributed by atoms with Crippen LogP contribution in [0.5, 0.6) is 0 Å². The SMILES string of the molecule is CCSc1nnc(NC(=O)c2ccc(I)cc2)s1. The monoisotopic (exact) mass is 391 g/mol. The van der Waals surface area contributed by atoms with Crippen LogP contribution in [0.25, 0.3) is 0 Å². The Hall–Kier alpha value is -0.670. The van der Waals surface area contributed by atoms with Crippen LogP contribution in [0.15, 0.2) is 28.6 Å². The molecule has 0 unspecified atom stereocenters. The van der Waals surface area contributed by atoms with Gasteiger partial charge in [-0.15, -0.1) is 10.2 Å². The van der Waals surface area contributed by atoms with Crippen molar-refractivity contribution in [1.29, 1.82) is 0 Å². The first-order chi connectivity index (χ1) is 8.69. The number of nitrogens with one attached hydrogen (secondary N) is 1. The molecule has 0 fully saturated rings. The summed E-state index contributed by atoms with van der Waals surface area (Å²) in [6, 6.07) is 7.38. The number of halogens is 1. The van der Waals surface area contributed by atoms with Gasteiger partial charge in [-0.1, -0.05) is 30.0 Å². The van der Waals surface area contributed by atoms with Gasteiger partial charge >= 0.3 is 0 Å². The number of rotatable bonds is 4. The van der Waals surface area contributed by atoms with E-state index in [1.165, 1.54) is 11.3 Å². The molecule has 1 N–H and O–H groups in total. The van der Waals surface area contributed by atoms with Crippen LogP contribution >= 0.6 is 45.7 Å². The Morgan fingerprint density at radius 3 is 2.78 bits per heavy atom. The van der Waals surface area contributed by atoms with E-state index >= 15 is 0 Å². The predicted molar refractivity (Wildman–Crippen MR) is 83.4 cm³/mol. The summed E-state index contributed by atoms with van der Waals surface area (Å²) >= 11 is 5.21. The second-order valence-corrected chi connectivity index (χ2v) is 7.00. The number of carbonyl (C=O) groups is 1. The fraction of sp³-hybridized carbons (Fsp3) is 0.182. The Morgan fingerprint density at radius 2 is 2.11 bits per heavy atom. The molecule has 0 saturated heterocycles. The molecule has 1 heterocycles. The molecule has 1 aromatic carbocycles. The first-order valence-corrected chi connectivity index (χ1v) is 8.10. The molecular formula is C11H10IN3OS2. The van der Waals surface area contributed by atoms with Crippen molar-refractivity contribution >= 4 is 56.7 Å². The largest absolute Gasteiger partial charge is 0.296 e. The van der Waals surface area contributed by atoms with Gasteiger partial charge in [0.2, 0.25) is 5.13 Å². The Bertz CT molecular complexity index is 541. The number of carbonyl (C=O) groups excluding carboxylic acids is 1. The first-order valence-electron chi connectivity index (χ1n) is 5.22. The molecule has 4 nitrogen and oxygen atoms in total. The molecule has 18 heavy (non-hydrogen) atoms. The molecule has 2 rings (SSSR count). The third kappa shape index (κ3) is 3.66. The fourth-order valence-electron chi connectivity index (χ4n) is 1.21. The van der Waals surface area contributed by atoms with Crippen molar-refractivity contribution < 1.29 is 4.79 Å². The number of aromatic nitrogens is 2. The summed E-state index contributed by atoms with van der Waals surface area (Å²) in [5, 5.41) is 11.2. The lowest BCUT2D eigenvalue weighted by Gasteiger charge is -2.00. The van der Waals surface area contributed by atoms with Gasteiger partial charge in [-0.3, -0.25) is 10.1 Å². The van der Waals surface area contributed by atoms with E-state index in [0.29, 0.717) is 10.7 Å². The Labute approximate surface area is 127 Å². The summed E-state index contributed by atoms with van der Waals surface area (Å²) in [5.41, 5.74) is 0.621. The lowest BCUT2D eigenvalue weighted by Crippen LogP contribution is -2.11. The summed E-state index contributed by atoms with van der Waals surface area (Å²) in [7, 11) is 0. The van der Waals surface area contributed by atoms with Gasteiger partial charge in [0.05, 0.1) is 0 Å². The zero-order chi connectivity index (χ0) is 13.0. The third-order valence-electron chi connectivity index (χ3n) is 2.00. The standard InChI is InChI=1S/C11H10IN3OS2/c1-2-17-11-15-14-10(18-11)13-9(16)7-3-5-8(12)6-4-7/h3-6H,2H2,1H3,(H,13,14,16). The maximum absolute atomic E-state index is 11.9. The molecule has 7 heteroatoms. The summed E-state index contributed by atoms with van der Waals surface area (Å²) in [5.74, 6) is 0.787. The molecule has 0 saturated carbocycles. The smallest absolute Gasteiger partial charge is 0.257 e. The predicted octanol–water partition coefficient (Wildman–Crippen LogP) is 3.51. The van der Waals surface area contributed by atoms with E-state index in [4.69, 9.17) is 0 Å². The van der Waals surface area contributed by atoms with Crippen molar-refractivity contribution in [3.05, 3.63) is 33.4 Å². The van der Waals surface area contributed by atoms with Crippen LogP contribution in [0.1, 0.15) is 17.3 Å². The zero-order valence-corrected chi connectivity index (χ0v) is 13.3. The highest BCUT2D eigenvalue weighted by atomic mass is 127. The minimum Gasteiger partial charge on any atom is -0.296 e. The zero-order valence-electron chi connectivity index (χ0n) is 9.51. The highest BCUT2D eigenvalue weighted by molar-refractivity contribution is 14.1. The van der Waals surface area contributed by atoms with Crippen molar-refractivity contribution in [2.24, 2.45) is 0 Å². The molecule has 1 amide bonds. The minimum absolute atomic E-state index is 0.157. The molecular weight excluding hydrogens is 381 g/mol. The minimum atomic E-state index is -0.157. The van der Waals surface area contributed by atoms with Crippen molar-refractivity contribution in [2.75, 3.05) is 11.1 Å². The molecule has 0 atom stereocenters. The second-order valence-electron chi connectivity index (χ2n) is 3.27. The number of hydrogen-bond donors (Lipinski definition) is 1. The van der Waals surface area contributed by atoms with Crippen molar-refractivity contribution in [1.82, 2.24) is 10.2 Å². The van der Waals surface area contributed by atoms with Crippen LogP contribution in [0.3, 0.4) is 0 Å². The van der Waals surface area contributed by atoms with E-state index in [1.807, 2.05) is 12.1 Å². The third-order valence-corrected chi connectivity index (χ3v) is 4.57. The van der Waals surface area contributed by atoms with Crippen molar-refractivity contribution in [3.63, 3.8) is 0 Å². The topological polar surface area (TPSA) is 54.9 Å². The van der Waals surface area contributed by atoms with Gasteiger partial charge < -0.3 is 0 Å². The van der Waals surface area contributed by atoms with Gasteiger partial charge in [-0.2, -0.15) is 0 Å². The Kier molecular flexibility index (Phi) is 4.95. The van der Waals surface area contributed by atoms with Crippen LogP contribution in [0, 0.1) is 3.57 Å².